The Labute approximate surface area is 161 Å². The van der Waals surface area contributed by atoms with Crippen LogP contribution in [0.1, 0.15) is 36.7 Å². The normalized spacial score (nSPS) is 10.6. The number of amides is 1. The smallest absolute Gasteiger partial charge is 0.254 e. The van der Waals surface area contributed by atoms with E-state index in [2.05, 4.69) is 13.8 Å². The van der Waals surface area contributed by atoms with Crippen LogP contribution in [0.3, 0.4) is 0 Å². The van der Waals surface area contributed by atoms with Gasteiger partial charge >= 0.3 is 0 Å². The van der Waals surface area contributed by atoms with E-state index < -0.39 is 0 Å². The number of nitrogens with zero attached hydrogens (tertiary/aromatic N) is 1. The molecular formula is C22H29NO4. The number of benzene rings is 2. The fourth-order valence-corrected chi connectivity index (χ4v) is 2.69. The van der Waals surface area contributed by atoms with Gasteiger partial charge in [-0.3, -0.25) is 4.79 Å². The first-order valence-electron chi connectivity index (χ1n) is 9.21. The molecule has 0 aliphatic carbocycles. The van der Waals surface area contributed by atoms with Gasteiger partial charge in [0.05, 0.1) is 20.8 Å². The maximum Gasteiger partial charge on any atom is 0.254 e. The lowest BCUT2D eigenvalue weighted by atomic mass is 10.1. The summed E-state index contributed by atoms with van der Waals surface area (Å²) in [5.74, 6) is 2.45. The number of rotatable bonds is 9. The zero-order valence-electron chi connectivity index (χ0n) is 16.8. The Kier molecular flexibility index (Phi) is 7.53. The Bertz CT molecular complexity index is 758. The van der Waals surface area contributed by atoms with E-state index in [0.29, 0.717) is 42.7 Å². The molecule has 0 aromatic heterocycles. The van der Waals surface area contributed by atoms with Crippen LogP contribution in [0.5, 0.6) is 17.2 Å². The first-order valence-corrected chi connectivity index (χ1v) is 9.21. The molecule has 2 rings (SSSR count). The number of carbonyl (C=O) groups excluding carboxylic acids is 1. The van der Waals surface area contributed by atoms with Crippen molar-refractivity contribution in [2.45, 2.75) is 27.3 Å². The fraction of sp³-hybridized carbons (Fsp3) is 0.409. The molecule has 1 amide bonds. The molecule has 0 spiro atoms. The average Bonchev–Trinajstić information content (AvgIpc) is 2.69. The molecule has 0 unspecified atom stereocenters. The molecule has 2 aromatic carbocycles. The summed E-state index contributed by atoms with van der Waals surface area (Å²) in [7, 11) is 3.21. The summed E-state index contributed by atoms with van der Waals surface area (Å²) >= 11 is 0. The minimum atomic E-state index is -0.0257. The van der Waals surface area contributed by atoms with Crippen molar-refractivity contribution < 1.29 is 19.0 Å². The molecule has 0 N–H and O–H groups in total. The maximum absolute atomic E-state index is 13.0. The van der Waals surface area contributed by atoms with Gasteiger partial charge in [0.25, 0.3) is 5.91 Å². The number of ether oxygens (including phenoxy) is 3. The quantitative estimate of drug-likeness (QED) is 0.655. The molecule has 0 aliphatic heterocycles. The van der Waals surface area contributed by atoms with E-state index in [0.717, 1.165) is 11.3 Å². The van der Waals surface area contributed by atoms with Gasteiger partial charge in [0.15, 0.2) is 11.5 Å². The van der Waals surface area contributed by atoms with Gasteiger partial charge in [-0.2, -0.15) is 0 Å². The van der Waals surface area contributed by atoms with Gasteiger partial charge in [-0.25, -0.2) is 0 Å². The van der Waals surface area contributed by atoms with E-state index in [-0.39, 0.29) is 5.91 Å². The largest absolute Gasteiger partial charge is 0.493 e. The molecule has 27 heavy (non-hydrogen) atoms. The SMILES string of the molecule is CCN(Cc1ccc(OC)c(OC)c1)C(=O)c1cccc(OCC(C)C)c1. The highest BCUT2D eigenvalue weighted by molar-refractivity contribution is 5.94. The summed E-state index contributed by atoms with van der Waals surface area (Å²) in [6, 6.07) is 13.1. The molecule has 5 nitrogen and oxygen atoms in total. The minimum Gasteiger partial charge on any atom is -0.493 e. The van der Waals surface area contributed by atoms with E-state index in [1.54, 1.807) is 19.1 Å². The molecule has 0 saturated carbocycles. The van der Waals surface area contributed by atoms with E-state index in [4.69, 9.17) is 14.2 Å². The maximum atomic E-state index is 13.0. The van der Waals surface area contributed by atoms with E-state index in [1.165, 1.54) is 0 Å². The second kappa shape index (κ2) is 9.86. The predicted molar refractivity (Wildman–Crippen MR) is 107 cm³/mol. The zero-order valence-corrected chi connectivity index (χ0v) is 16.8. The Morgan fingerprint density at radius 3 is 2.41 bits per heavy atom. The Morgan fingerprint density at radius 1 is 1.04 bits per heavy atom. The highest BCUT2D eigenvalue weighted by Crippen LogP contribution is 2.28. The second-order valence-electron chi connectivity index (χ2n) is 6.74. The summed E-state index contributed by atoms with van der Waals surface area (Å²) in [4.78, 5) is 14.8. The molecule has 0 heterocycles. The number of methoxy groups -OCH3 is 2. The molecule has 0 radical (unpaired) electrons. The van der Waals surface area contributed by atoms with Crippen LogP contribution in [0.2, 0.25) is 0 Å². The van der Waals surface area contributed by atoms with Crippen molar-refractivity contribution in [1.82, 2.24) is 4.90 Å². The standard InChI is InChI=1S/C22H29NO4/c1-6-23(14-17-10-11-20(25-4)21(12-17)26-5)22(24)18-8-7-9-19(13-18)27-15-16(2)3/h7-13,16H,6,14-15H2,1-5H3. The lowest BCUT2D eigenvalue weighted by Crippen LogP contribution is -2.30. The topological polar surface area (TPSA) is 48.0 Å². The third-order valence-electron chi connectivity index (χ3n) is 4.15. The highest BCUT2D eigenvalue weighted by Gasteiger charge is 2.16. The summed E-state index contributed by atoms with van der Waals surface area (Å²) in [5.41, 5.74) is 1.61. The van der Waals surface area contributed by atoms with Crippen molar-refractivity contribution in [2.24, 2.45) is 5.92 Å². The highest BCUT2D eigenvalue weighted by atomic mass is 16.5. The molecular weight excluding hydrogens is 342 g/mol. The number of carbonyl (C=O) groups is 1. The van der Waals surface area contributed by atoms with Crippen molar-refractivity contribution >= 4 is 5.91 Å². The number of hydrogen-bond acceptors (Lipinski definition) is 4. The first kappa shape index (κ1) is 20.6. The zero-order chi connectivity index (χ0) is 19.8. The molecule has 0 bridgehead atoms. The minimum absolute atomic E-state index is 0.0257. The van der Waals surface area contributed by atoms with Crippen LogP contribution in [-0.4, -0.2) is 38.2 Å². The van der Waals surface area contributed by atoms with Crippen LogP contribution in [0, 0.1) is 5.92 Å². The van der Waals surface area contributed by atoms with E-state index >= 15 is 0 Å². The van der Waals surface area contributed by atoms with Gasteiger partial charge in [-0.15, -0.1) is 0 Å². The van der Waals surface area contributed by atoms with Crippen molar-refractivity contribution in [3.63, 3.8) is 0 Å². The van der Waals surface area contributed by atoms with Crippen LogP contribution in [0.25, 0.3) is 0 Å². The van der Waals surface area contributed by atoms with Crippen molar-refractivity contribution in [2.75, 3.05) is 27.4 Å². The molecule has 2 aromatic rings. The summed E-state index contributed by atoms with van der Waals surface area (Å²) in [6.07, 6.45) is 0. The average molecular weight is 371 g/mol. The lowest BCUT2D eigenvalue weighted by Gasteiger charge is -2.22. The molecule has 0 fully saturated rings. The second-order valence-corrected chi connectivity index (χ2v) is 6.74. The van der Waals surface area contributed by atoms with Crippen molar-refractivity contribution in [1.29, 1.82) is 0 Å². The van der Waals surface area contributed by atoms with Gasteiger partial charge in [0, 0.05) is 18.7 Å². The fourth-order valence-electron chi connectivity index (χ4n) is 2.69. The van der Waals surface area contributed by atoms with Crippen LogP contribution in [-0.2, 0) is 6.54 Å². The van der Waals surface area contributed by atoms with Crippen molar-refractivity contribution in [3.05, 3.63) is 53.6 Å². The van der Waals surface area contributed by atoms with Gasteiger partial charge in [0.1, 0.15) is 5.75 Å². The van der Waals surface area contributed by atoms with E-state index in [9.17, 15) is 4.79 Å². The van der Waals surface area contributed by atoms with E-state index in [1.807, 2.05) is 49.4 Å². The predicted octanol–water partition coefficient (Wildman–Crippen LogP) is 4.40. The third-order valence-corrected chi connectivity index (χ3v) is 4.15. The van der Waals surface area contributed by atoms with Crippen LogP contribution >= 0.6 is 0 Å². The molecule has 5 heteroatoms. The van der Waals surface area contributed by atoms with Crippen LogP contribution in [0.15, 0.2) is 42.5 Å². The van der Waals surface area contributed by atoms with Crippen LogP contribution in [0.4, 0.5) is 0 Å². The Hall–Kier alpha value is -2.69. The van der Waals surface area contributed by atoms with Gasteiger partial charge in [-0.05, 0) is 48.7 Å². The number of hydrogen-bond donors (Lipinski definition) is 0. The Balaban J connectivity index is 2.15. The molecule has 0 atom stereocenters. The summed E-state index contributed by atoms with van der Waals surface area (Å²) < 4.78 is 16.4. The first-order chi connectivity index (χ1) is 13.0. The van der Waals surface area contributed by atoms with Gasteiger partial charge < -0.3 is 19.1 Å². The Morgan fingerprint density at radius 2 is 1.78 bits per heavy atom. The summed E-state index contributed by atoms with van der Waals surface area (Å²) in [5, 5.41) is 0. The third kappa shape index (κ3) is 5.64. The monoisotopic (exact) mass is 371 g/mol. The summed E-state index contributed by atoms with van der Waals surface area (Å²) in [6.45, 7) is 7.88. The van der Waals surface area contributed by atoms with Gasteiger partial charge in [-0.1, -0.05) is 26.0 Å². The lowest BCUT2D eigenvalue weighted by molar-refractivity contribution is 0.0752. The molecule has 146 valence electrons. The van der Waals surface area contributed by atoms with Gasteiger partial charge in [0.2, 0.25) is 0 Å². The molecule has 0 aliphatic rings. The van der Waals surface area contributed by atoms with Crippen molar-refractivity contribution in [3.8, 4) is 17.2 Å². The van der Waals surface area contributed by atoms with Crippen LogP contribution < -0.4 is 14.2 Å². The molecule has 0 saturated heterocycles.